The van der Waals surface area contributed by atoms with Crippen LogP contribution < -0.4 is 11.2 Å². The molecule has 0 fully saturated rings. The highest BCUT2D eigenvalue weighted by molar-refractivity contribution is 5.88. The zero-order chi connectivity index (χ0) is 19.4. The van der Waals surface area contributed by atoms with Crippen molar-refractivity contribution in [3.05, 3.63) is 56.8 Å². The normalized spacial score (nSPS) is 11.0. The second-order valence-corrected chi connectivity index (χ2v) is 6.03. The summed E-state index contributed by atoms with van der Waals surface area (Å²) in [6, 6.07) is 3.25. The van der Waals surface area contributed by atoms with E-state index in [9.17, 15) is 14.4 Å². The maximum atomic E-state index is 12.3. The summed E-state index contributed by atoms with van der Waals surface area (Å²) in [4.78, 5) is 47.3. The third kappa shape index (κ3) is 3.67. The molecule has 0 aliphatic heterocycles. The van der Waals surface area contributed by atoms with Crippen molar-refractivity contribution < 1.29 is 9.53 Å². The molecular weight excluding hydrogens is 350 g/mol. The Morgan fingerprint density at radius 2 is 2.07 bits per heavy atom. The van der Waals surface area contributed by atoms with E-state index in [1.807, 2.05) is 13.8 Å². The summed E-state index contributed by atoms with van der Waals surface area (Å²) in [6.45, 7) is 4.66. The number of H-pyrrole nitrogens is 1. The lowest BCUT2D eigenvalue weighted by Gasteiger charge is -2.07. The minimum absolute atomic E-state index is 0.113. The van der Waals surface area contributed by atoms with Gasteiger partial charge in [-0.05, 0) is 25.5 Å². The number of rotatable bonds is 7. The average Bonchev–Trinajstić information content (AvgIpc) is 3.05. The number of carbonyl (C=O) groups excluding carboxylic acids is 1. The lowest BCUT2D eigenvalue weighted by Crippen LogP contribution is -2.31. The number of ether oxygens (including phenoxy) is 1. The number of carbonyl (C=O) groups is 1. The van der Waals surface area contributed by atoms with Crippen molar-refractivity contribution in [2.45, 2.75) is 46.4 Å². The number of hydrogen-bond donors (Lipinski definition) is 1. The molecule has 0 saturated heterocycles. The van der Waals surface area contributed by atoms with Crippen molar-refractivity contribution in [1.82, 2.24) is 24.1 Å². The molecule has 142 valence electrons. The van der Waals surface area contributed by atoms with Crippen molar-refractivity contribution in [1.29, 1.82) is 0 Å². The Bertz CT molecular complexity index is 1070. The van der Waals surface area contributed by atoms with Crippen LogP contribution in [0, 0.1) is 0 Å². The van der Waals surface area contributed by atoms with E-state index in [2.05, 4.69) is 15.0 Å². The van der Waals surface area contributed by atoms with Gasteiger partial charge in [-0.2, -0.15) is 0 Å². The maximum absolute atomic E-state index is 12.3. The first-order valence-electron chi connectivity index (χ1n) is 8.86. The van der Waals surface area contributed by atoms with Gasteiger partial charge in [-0.3, -0.25) is 19.3 Å². The molecule has 0 radical (unpaired) electrons. The number of aromatic amines is 1. The van der Waals surface area contributed by atoms with Gasteiger partial charge in [0.05, 0.1) is 5.56 Å². The minimum atomic E-state index is -0.532. The molecule has 3 aromatic heterocycles. The van der Waals surface area contributed by atoms with Crippen LogP contribution >= 0.6 is 0 Å². The van der Waals surface area contributed by atoms with Crippen molar-refractivity contribution in [3.8, 4) is 0 Å². The molecular formula is C18H21N5O4. The van der Waals surface area contributed by atoms with Crippen LogP contribution in [0.3, 0.4) is 0 Å². The van der Waals surface area contributed by atoms with Crippen molar-refractivity contribution in [2.75, 3.05) is 0 Å². The van der Waals surface area contributed by atoms with Crippen LogP contribution in [-0.4, -0.2) is 30.1 Å². The summed E-state index contributed by atoms with van der Waals surface area (Å²) in [5, 5.41) is 0. The fourth-order valence-electron chi connectivity index (χ4n) is 2.89. The van der Waals surface area contributed by atoms with Crippen LogP contribution in [0.1, 0.15) is 42.9 Å². The van der Waals surface area contributed by atoms with Crippen LogP contribution in [0.5, 0.6) is 0 Å². The number of imidazole rings is 1. The van der Waals surface area contributed by atoms with E-state index in [0.29, 0.717) is 35.6 Å². The predicted octanol–water partition coefficient (Wildman–Crippen LogP) is 1.46. The van der Waals surface area contributed by atoms with Crippen LogP contribution in [0.25, 0.3) is 11.2 Å². The van der Waals surface area contributed by atoms with Gasteiger partial charge in [0.15, 0.2) is 11.2 Å². The van der Waals surface area contributed by atoms with Crippen molar-refractivity contribution >= 4 is 17.1 Å². The molecule has 27 heavy (non-hydrogen) atoms. The minimum Gasteiger partial charge on any atom is -0.454 e. The highest BCUT2D eigenvalue weighted by Gasteiger charge is 2.19. The van der Waals surface area contributed by atoms with Gasteiger partial charge in [-0.25, -0.2) is 14.6 Å². The number of unbranched alkanes of at least 4 members (excludes halogenated alkanes) is 1. The van der Waals surface area contributed by atoms with Crippen LogP contribution in [0.2, 0.25) is 0 Å². The number of aromatic nitrogens is 5. The molecule has 0 atom stereocenters. The average molecular weight is 371 g/mol. The number of hydrogen-bond acceptors (Lipinski definition) is 6. The highest BCUT2D eigenvalue weighted by atomic mass is 16.5. The molecule has 0 aliphatic carbocycles. The van der Waals surface area contributed by atoms with Gasteiger partial charge in [-0.15, -0.1) is 0 Å². The number of nitrogens with one attached hydrogen (secondary N) is 1. The number of fused-ring (bicyclic) bond motifs is 1. The van der Waals surface area contributed by atoms with Crippen LogP contribution in [0.15, 0.2) is 34.1 Å². The smallest absolute Gasteiger partial charge is 0.340 e. The van der Waals surface area contributed by atoms with Gasteiger partial charge in [0.1, 0.15) is 12.4 Å². The molecule has 3 aromatic rings. The van der Waals surface area contributed by atoms with E-state index in [4.69, 9.17) is 4.74 Å². The second kappa shape index (κ2) is 7.98. The summed E-state index contributed by atoms with van der Waals surface area (Å²) in [5.74, 6) is -0.124. The standard InChI is InChI=1S/C18H21N5O4/c1-3-5-9-23-15-14(16(24)21-18(23)26)22(4-2)13(20-15)11-27-17(25)12-7-6-8-19-10-12/h6-8,10H,3-5,9,11H2,1-2H3,(H,21,24,26). The molecule has 0 aromatic carbocycles. The number of nitrogens with zero attached hydrogens (tertiary/aromatic N) is 4. The topological polar surface area (TPSA) is 112 Å². The Balaban J connectivity index is 1.98. The first-order valence-corrected chi connectivity index (χ1v) is 8.86. The number of esters is 1. The summed E-state index contributed by atoms with van der Waals surface area (Å²) in [5.41, 5.74) is -0.0380. The Morgan fingerprint density at radius 3 is 2.74 bits per heavy atom. The van der Waals surface area contributed by atoms with E-state index in [0.717, 1.165) is 12.8 Å². The summed E-state index contributed by atoms with van der Waals surface area (Å²) < 4.78 is 8.43. The molecule has 1 N–H and O–H groups in total. The lowest BCUT2D eigenvalue weighted by molar-refractivity contribution is 0.0458. The predicted molar refractivity (Wildman–Crippen MR) is 98.6 cm³/mol. The fraction of sp³-hybridized carbons (Fsp3) is 0.389. The molecule has 0 saturated carbocycles. The van der Waals surface area contributed by atoms with Gasteiger partial charge in [0, 0.05) is 25.5 Å². The molecule has 9 nitrogen and oxygen atoms in total. The van der Waals surface area contributed by atoms with Crippen LogP contribution in [-0.2, 0) is 24.4 Å². The Hall–Kier alpha value is -3.23. The van der Waals surface area contributed by atoms with E-state index >= 15 is 0 Å². The third-order valence-electron chi connectivity index (χ3n) is 4.25. The molecule has 3 rings (SSSR count). The quantitative estimate of drug-likeness (QED) is 0.629. The van der Waals surface area contributed by atoms with Gasteiger partial charge < -0.3 is 9.30 Å². The summed E-state index contributed by atoms with van der Waals surface area (Å²) >= 11 is 0. The molecule has 3 heterocycles. The Kier molecular flexibility index (Phi) is 5.49. The molecule has 0 unspecified atom stereocenters. The van der Waals surface area contributed by atoms with Gasteiger partial charge in [0.25, 0.3) is 5.56 Å². The second-order valence-electron chi connectivity index (χ2n) is 6.03. The van der Waals surface area contributed by atoms with Gasteiger partial charge >= 0.3 is 11.7 Å². The Labute approximate surface area is 154 Å². The van der Waals surface area contributed by atoms with Crippen LogP contribution in [0.4, 0.5) is 0 Å². The summed E-state index contributed by atoms with van der Waals surface area (Å²) in [6.07, 6.45) is 4.66. The first kappa shape index (κ1) is 18.6. The largest absolute Gasteiger partial charge is 0.454 e. The zero-order valence-electron chi connectivity index (χ0n) is 15.3. The monoisotopic (exact) mass is 371 g/mol. The van der Waals surface area contributed by atoms with E-state index in [-0.39, 0.29) is 6.61 Å². The van der Waals surface area contributed by atoms with Crippen molar-refractivity contribution in [2.24, 2.45) is 0 Å². The SMILES string of the molecule is CCCCn1c(=O)[nH]c(=O)c2c1nc(COC(=O)c1cccnc1)n2CC. The maximum Gasteiger partial charge on any atom is 0.340 e. The molecule has 0 aliphatic rings. The molecule has 9 heteroatoms. The Morgan fingerprint density at radius 1 is 1.26 bits per heavy atom. The summed E-state index contributed by atoms with van der Waals surface area (Å²) in [7, 11) is 0. The molecule has 0 amide bonds. The number of pyridine rings is 1. The lowest BCUT2D eigenvalue weighted by atomic mass is 10.3. The van der Waals surface area contributed by atoms with E-state index < -0.39 is 17.2 Å². The van der Waals surface area contributed by atoms with E-state index in [1.165, 1.54) is 10.8 Å². The van der Waals surface area contributed by atoms with Crippen molar-refractivity contribution in [3.63, 3.8) is 0 Å². The fourth-order valence-corrected chi connectivity index (χ4v) is 2.89. The molecule has 0 spiro atoms. The van der Waals surface area contributed by atoms with Gasteiger partial charge in [-0.1, -0.05) is 13.3 Å². The van der Waals surface area contributed by atoms with Gasteiger partial charge in [0.2, 0.25) is 0 Å². The third-order valence-corrected chi connectivity index (χ3v) is 4.25. The number of aryl methyl sites for hydroxylation is 2. The highest BCUT2D eigenvalue weighted by Crippen LogP contribution is 2.14. The molecule has 0 bridgehead atoms. The first-order chi connectivity index (χ1) is 13.1. The zero-order valence-corrected chi connectivity index (χ0v) is 15.3. The van der Waals surface area contributed by atoms with E-state index in [1.54, 1.807) is 22.9 Å².